The number of nitrogens with two attached hydrogens (primary N) is 1. The number of benzene rings is 1. The van der Waals surface area contributed by atoms with Crippen molar-refractivity contribution in [3.63, 3.8) is 0 Å². The van der Waals surface area contributed by atoms with Crippen LogP contribution in [0.1, 0.15) is 13.3 Å². The van der Waals surface area contributed by atoms with Crippen LogP contribution in [0.25, 0.3) is 0 Å². The second-order valence-corrected chi connectivity index (χ2v) is 7.43. The molecule has 1 unspecified atom stereocenters. The van der Waals surface area contributed by atoms with Crippen LogP contribution >= 0.6 is 11.8 Å². The number of hydrogen-bond donors (Lipinski definition) is 2. The van der Waals surface area contributed by atoms with E-state index in [9.17, 15) is 8.42 Å². The van der Waals surface area contributed by atoms with Gasteiger partial charge in [0, 0.05) is 22.8 Å². The van der Waals surface area contributed by atoms with Gasteiger partial charge in [-0.3, -0.25) is 5.41 Å². The quantitative estimate of drug-likeness (QED) is 0.487. The summed E-state index contributed by atoms with van der Waals surface area (Å²) in [6.45, 7) is 1.98. The predicted octanol–water partition coefficient (Wildman–Crippen LogP) is 1.90. The molecule has 0 heterocycles. The van der Waals surface area contributed by atoms with Crippen LogP contribution in [0.3, 0.4) is 0 Å². The Labute approximate surface area is 106 Å². The first kappa shape index (κ1) is 14.1. The maximum Gasteiger partial charge on any atom is 0.175 e. The van der Waals surface area contributed by atoms with Gasteiger partial charge >= 0.3 is 0 Å². The van der Waals surface area contributed by atoms with Gasteiger partial charge < -0.3 is 5.73 Å². The van der Waals surface area contributed by atoms with E-state index in [1.807, 2.05) is 6.92 Å². The minimum absolute atomic E-state index is 0.165. The molecular formula is C11H16N2O2S2. The minimum Gasteiger partial charge on any atom is -0.388 e. The summed E-state index contributed by atoms with van der Waals surface area (Å²) in [5.41, 5.74) is 5.32. The topological polar surface area (TPSA) is 84.0 Å². The molecule has 0 aliphatic carbocycles. The standard InChI is InChI=1S/C11H16N2O2S2/c1-8(7-11(12)13)16-9-3-5-10(6-4-9)17(2,14)15/h3-6,8H,7H2,1-2H3,(H3,12,13). The third-order valence-electron chi connectivity index (χ3n) is 2.10. The van der Waals surface area contributed by atoms with Crippen molar-refractivity contribution in [3.8, 4) is 0 Å². The summed E-state index contributed by atoms with van der Waals surface area (Å²) in [4.78, 5) is 1.30. The molecule has 3 N–H and O–H groups in total. The van der Waals surface area contributed by atoms with Gasteiger partial charge in [0.05, 0.1) is 10.7 Å². The lowest BCUT2D eigenvalue weighted by Gasteiger charge is -2.10. The van der Waals surface area contributed by atoms with Crippen molar-refractivity contribution >= 4 is 27.4 Å². The molecule has 0 aliphatic rings. The fourth-order valence-electron chi connectivity index (χ4n) is 1.35. The van der Waals surface area contributed by atoms with Crippen molar-refractivity contribution in [2.45, 2.75) is 28.4 Å². The van der Waals surface area contributed by atoms with E-state index in [2.05, 4.69) is 0 Å². The van der Waals surface area contributed by atoms with Gasteiger partial charge in [-0.2, -0.15) is 0 Å². The smallest absolute Gasteiger partial charge is 0.175 e. The van der Waals surface area contributed by atoms with Gasteiger partial charge in [-0.05, 0) is 24.3 Å². The molecule has 1 rings (SSSR count). The highest BCUT2D eigenvalue weighted by atomic mass is 32.2. The largest absolute Gasteiger partial charge is 0.388 e. The zero-order chi connectivity index (χ0) is 13.1. The van der Waals surface area contributed by atoms with Crippen LogP contribution in [-0.2, 0) is 9.84 Å². The first-order valence-corrected chi connectivity index (χ1v) is 7.86. The van der Waals surface area contributed by atoms with E-state index in [4.69, 9.17) is 11.1 Å². The van der Waals surface area contributed by atoms with E-state index >= 15 is 0 Å². The number of rotatable bonds is 5. The van der Waals surface area contributed by atoms with Crippen molar-refractivity contribution in [2.24, 2.45) is 5.73 Å². The van der Waals surface area contributed by atoms with Crippen LogP contribution in [0.2, 0.25) is 0 Å². The summed E-state index contributed by atoms with van der Waals surface area (Å²) >= 11 is 1.58. The third-order valence-corrected chi connectivity index (χ3v) is 4.34. The molecule has 0 amide bonds. The molecule has 94 valence electrons. The van der Waals surface area contributed by atoms with Crippen molar-refractivity contribution in [1.82, 2.24) is 0 Å². The average molecular weight is 272 g/mol. The molecule has 17 heavy (non-hydrogen) atoms. The molecule has 0 saturated heterocycles. The zero-order valence-electron chi connectivity index (χ0n) is 9.80. The monoisotopic (exact) mass is 272 g/mol. The molecule has 6 heteroatoms. The highest BCUT2D eigenvalue weighted by molar-refractivity contribution is 8.00. The van der Waals surface area contributed by atoms with Crippen LogP contribution < -0.4 is 5.73 Å². The first-order chi connectivity index (χ1) is 7.79. The van der Waals surface area contributed by atoms with Crippen LogP contribution in [0.5, 0.6) is 0 Å². The summed E-state index contributed by atoms with van der Waals surface area (Å²) in [6, 6.07) is 6.74. The Balaban J connectivity index is 2.72. The Bertz CT molecular complexity index is 495. The minimum atomic E-state index is -3.13. The van der Waals surface area contributed by atoms with Gasteiger partial charge in [0.2, 0.25) is 0 Å². The van der Waals surface area contributed by atoms with Gasteiger partial charge in [-0.25, -0.2) is 8.42 Å². The van der Waals surface area contributed by atoms with Crippen LogP contribution in [0, 0.1) is 5.41 Å². The van der Waals surface area contributed by atoms with E-state index < -0.39 is 9.84 Å². The Morgan fingerprint density at radius 2 is 1.94 bits per heavy atom. The van der Waals surface area contributed by atoms with Crippen LogP contribution in [0.15, 0.2) is 34.1 Å². The molecular weight excluding hydrogens is 256 g/mol. The molecule has 0 saturated carbocycles. The van der Waals surface area contributed by atoms with Gasteiger partial charge in [0.1, 0.15) is 0 Å². The summed E-state index contributed by atoms with van der Waals surface area (Å²) < 4.78 is 22.5. The number of amidine groups is 1. The maximum absolute atomic E-state index is 11.3. The average Bonchev–Trinajstić information content (AvgIpc) is 2.15. The van der Waals surface area contributed by atoms with Gasteiger partial charge in [0.15, 0.2) is 9.84 Å². The highest BCUT2D eigenvalue weighted by Crippen LogP contribution is 2.26. The number of sulfone groups is 1. The first-order valence-electron chi connectivity index (χ1n) is 5.08. The van der Waals surface area contributed by atoms with Crippen molar-refractivity contribution in [2.75, 3.05) is 6.26 Å². The fraction of sp³-hybridized carbons (Fsp3) is 0.364. The second kappa shape index (κ2) is 5.55. The lowest BCUT2D eigenvalue weighted by atomic mass is 10.3. The molecule has 1 atom stereocenters. The highest BCUT2D eigenvalue weighted by Gasteiger charge is 2.09. The molecule has 0 radical (unpaired) electrons. The summed E-state index contributed by atoms with van der Waals surface area (Å²) in [5, 5.41) is 7.40. The predicted molar refractivity (Wildman–Crippen MR) is 71.4 cm³/mol. The molecule has 0 bridgehead atoms. The van der Waals surface area contributed by atoms with E-state index in [-0.39, 0.29) is 11.1 Å². The van der Waals surface area contributed by atoms with Crippen molar-refractivity contribution < 1.29 is 8.42 Å². The van der Waals surface area contributed by atoms with E-state index in [1.54, 1.807) is 36.0 Å². The Morgan fingerprint density at radius 3 is 2.35 bits per heavy atom. The summed E-state index contributed by atoms with van der Waals surface area (Å²) in [6.07, 6.45) is 1.71. The third kappa shape index (κ3) is 4.79. The summed E-state index contributed by atoms with van der Waals surface area (Å²) in [5.74, 6) is 0.165. The van der Waals surface area contributed by atoms with E-state index in [1.165, 1.54) is 6.26 Å². The molecule has 4 nitrogen and oxygen atoms in total. The zero-order valence-corrected chi connectivity index (χ0v) is 11.4. The number of thioether (sulfide) groups is 1. The molecule has 1 aromatic carbocycles. The molecule has 0 aliphatic heterocycles. The lowest BCUT2D eigenvalue weighted by molar-refractivity contribution is 0.602. The van der Waals surface area contributed by atoms with Crippen molar-refractivity contribution in [3.05, 3.63) is 24.3 Å². The molecule has 1 aromatic rings. The van der Waals surface area contributed by atoms with E-state index in [0.717, 1.165) is 4.90 Å². The number of nitrogens with one attached hydrogen (secondary N) is 1. The lowest BCUT2D eigenvalue weighted by Crippen LogP contribution is -2.14. The normalized spacial score (nSPS) is 13.3. The molecule has 0 fully saturated rings. The number of hydrogen-bond acceptors (Lipinski definition) is 4. The Hall–Kier alpha value is -1.01. The molecule has 0 aromatic heterocycles. The Kier molecular flexibility index (Phi) is 4.59. The Morgan fingerprint density at radius 1 is 1.41 bits per heavy atom. The SMILES string of the molecule is CC(CC(=N)N)Sc1ccc(S(C)(=O)=O)cc1. The summed E-state index contributed by atoms with van der Waals surface area (Å²) in [7, 11) is -3.13. The van der Waals surface area contributed by atoms with Gasteiger partial charge in [0.25, 0.3) is 0 Å². The van der Waals surface area contributed by atoms with Crippen LogP contribution in [0.4, 0.5) is 0 Å². The van der Waals surface area contributed by atoms with Crippen LogP contribution in [-0.4, -0.2) is 25.8 Å². The fourth-order valence-corrected chi connectivity index (χ4v) is 3.00. The molecule has 0 spiro atoms. The van der Waals surface area contributed by atoms with E-state index in [0.29, 0.717) is 11.3 Å². The maximum atomic E-state index is 11.3. The van der Waals surface area contributed by atoms with Crippen molar-refractivity contribution in [1.29, 1.82) is 5.41 Å². The van der Waals surface area contributed by atoms with Gasteiger partial charge in [-0.15, -0.1) is 11.8 Å². The van der Waals surface area contributed by atoms with Gasteiger partial charge in [-0.1, -0.05) is 6.92 Å². The second-order valence-electron chi connectivity index (χ2n) is 3.90.